The van der Waals surface area contributed by atoms with Crippen molar-refractivity contribution in [2.45, 2.75) is 19.9 Å². The highest BCUT2D eigenvalue weighted by molar-refractivity contribution is 6.30. The lowest BCUT2D eigenvalue weighted by atomic mass is 10.2. The Balaban J connectivity index is 2.28. The summed E-state index contributed by atoms with van der Waals surface area (Å²) < 4.78 is 5.44. The van der Waals surface area contributed by atoms with Crippen molar-refractivity contribution < 1.29 is 9.53 Å². The molecule has 0 fully saturated rings. The molecule has 0 saturated heterocycles. The number of carbonyl (C=O) groups excluding carboxylic acids is 1. The highest BCUT2D eigenvalue weighted by atomic mass is 35.5. The average molecular weight is 240 g/mol. The molecule has 0 radical (unpaired) electrons. The normalized spacial score (nSPS) is 15.4. The van der Waals surface area contributed by atoms with Gasteiger partial charge in [0.15, 0.2) is 6.61 Å². The van der Waals surface area contributed by atoms with E-state index in [2.05, 4.69) is 6.92 Å². The van der Waals surface area contributed by atoms with E-state index >= 15 is 0 Å². The summed E-state index contributed by atoms with van der Waals surface area (Å²) in [6.07, 6.45) is 0.946. The number of nitrogens with zero attached hydrogens (tertiary/aromatic N) is 1. The fourth-order valence-electron chi connectivity index (χ4n) is 1.81. The highest BCUT2D eigenvalue weighted by Gasteiger charge is 2.20. The molecule has 0 bridgehead atoms. The van der Waals surface area contributed by atoms with Gasteiger partial charge < -0.3 is 9.64 Å². The lowest BCUT2D eigenvalue weighted by molar-refractivity contribution is -0.133. The van der Waals surface area contributed by atoms with Crippen molar-refractivity contribution in [3.63, 3.8) is 0 Å². The van der Waals surface area contributed by atoms with Gasteiger partial charge in [-0.3, -0.25) is 4.79 Å². The summed E-state index contributed by atoms with van der Waals surface area (Å²) in [5.41, 5.74) is 0.979. The lowest BCUT2D eigenvalue weighted by Gasteiger charge is -2.18. The van der Waals surface area contributed by atoms with Gasteiger partial charge in [-0.05, 0) is 24.6 Å². The van der Waals surface area contributed by atoms with Crippen LogP contribution in [0.15, 0.2) is 18.2 Å². The zero-order valence-corrected chi connectivity index (χ0v) is 9.96. The number of hydrogen-bond acceptors (Lipinski definition) is 2. The Morgan fingerprint density at radius 2 is 2.31 bits per heavy atom. The van der Waals surface area contributed by atoms with Crippen LogP contribution in [0.3, 0.4) is 0 Å². The van der Waals surface area contributed by atoms with Gasteiger partial charge in [-0.25, -0.2) is 0 Å². The summed E-state index contributed by atoms with van der Waals surface area (Å²) in [7, 11) is 0. The van der Waals surface area contributed by atoms with E-state index in [-0.39, 0.29) is 12.5 Å². The molecular weight excluding hydrogens is 226 g/mol. The molecule has 0 spiro atoms. The second-order valence-corrected chi connectivity index (χ2v) is 4.29. The molecule has 0 aliphatic carbocycles. The Labute approximate surface area is 100.0 Å². The van der Waals surface area contributed by atoms with Crippen molar-refractivity contribution in [1.82, 2.24) is 4.90 Å². The standard InChI is InChI=1S/C12H14ClNO2/c1-2-5-14-7-9-6-10(13)3-4-11(9)16-8-12(14)15/h3-4,6H,2,5,7-8H2,1H3. The second-order valence-electron chi connectivity index (χ2n) is 3.86. The van der Waals surface area contributed by atoms with E-state index in [1.807, 2.05) is 17.0 Å². The first-order chi connectivity index (χ1) is 7.70. The fourth-order valence-corrected chi connectivity index (χ4v) is 2.01. The van der Waals surface area contributed by atoms with E-state index in [1.165, 1.54) is 0 Å². The van der Waals surface area contributed by atoms with E-state index in [0.717, 1.165) is 24.3 Å². The van der Waals surface area contributed by atoms with Crippen LogP contribution in [0.25, 0.3) is 0 Å². The Morgan fingerprint density at radius 3 is 3.06 bits per heavy atom. The summed E-state index contributed by atoms with van der Waals surface area (Å²) in [5.74, 6) is 0.797. The number of fused-ring (bicyclic) bond motifs is 1. The molecule has 0 saturated carbocycles. The minimum Gasteiger partial charge on any atom is -0.483 e. The van der Waals surface area contributed by atoms with E-state index in [9.17, 15) is 4.79 Å². The summed E-state index contributed by atoms with van der Waals surface area (Å²) in [4.78, 5) is 13.5. The smallest absolute Gasteiger partial charge is 0.260 e. The minimum absolute atomic E-state index is 0.0363. The molecule has 2 rings (SSSR count). The van der Waals surface area contributed by atoms with Crippen LogP contribution in [0, 0.1) is 0 Å². The third-order valence-electron chi connectivity index (χ3n) is 2.58. The quantitative estimate of drug-likeness (QED) is 0.794. The van der Waals surface area contributed by atoms with E-state index < -0.39 is 0 Å². The van der Waals surface area contributed by atoms with Gasteiger partial charge in [-0.2, -0.15) is 0 Å². The first kappa shape index (κ1) is 11.3. The molecule has 86 valence electrons. The third kappa shape index (κ3) is 2.30. The maximum atomic E-state index is 11.7. The van der Waals surface area contributed by atoms with Crippen molar-refractivity contribution in [2.75, 3.05) is 13.2 Å². The van der Waals surface area contributed by atoms with Gasteiger partial charge in [-0.15, -0.1) is 0 Å². The number of ether oxygens (including phenoxy) is 1. The molecule has 1 aliphatic heterocycles. The maximum Gasteiger partial charge on any atom is 0.260 e. The Morgan fingerprint density at radius 1 is 1.50 bits per heavy atom. The molecule has 1 aromatic carbocycles. The molecule has 0 N–H and O–H groups in total. The van der Waals surface area contributed by atoms with E-state index in [1.54, 1.807) is 6.07 Å². The van der Waals surface area contributed by atoms with Crippen molar-refractivity contribution in [3.8, 4) is 5.75 Å². The van der Waals surface area contributed by atoms with Gasteiger partial charge in [-0.1, -0.05) is 18.5 Å². The molecule has 1 amide bonds. The van der Waals surface area contributed by atoms with Crippen molar-refractivity contribution in [3.05, 3.63) is 28.8 Å². The van der Waals surface area contributed by atoms with Gasteiger partial charge in [0.2, 0.25) is 0 Å². The predicted octanol–water partition coefficient (Wildman–Crippen LogP) is 2.47. The third-order valence-corrected chi connectivity index (χ3v) is 2.82. The molecule has 0 unspecified atom stereocenters. The number of hydrogen-bond donors (Lipinski definition) is 0. The van der Waals surface area contributed by atoms with Crippen LogP contribution in [-0.4, -0.2) is 24.0 Å². The number of carbonyl (C=O) groups is 1. The predicted molar refractivity (Wildman–Crippen MR) is 62.7 cm³/mol. The van der Waals surface area contributed by atoms with Crippen molar-refractivity contribution >= 4 is 17.5 Å². The molecule has 1 aliphatic rings. The first-order valence-electron chi connectivity index (χ1n) is 5.39. The molecule has 0 atom stereocenters. The van der Waals surface area contributed by atoms with Gasteiger partial charge >= 0.3 is 0 Å². The Kier molecular flexibility index (Phi) is 3.34. The van der Waals surface area contributed by atoms with Crippen molar-refractivity contribution in [1.29, 1.82) is 0 Å². The molecule has 16 heavy (non-hydrogen) atoms. The van der Waals surface area contributed by atoms with Gasteiger partial charge in [0.25, 0.3) is 5.91 Å². The number of benzene rings is 1. The Bertz CT molecular complexity index is 406. The van der Waals surface area contributed by atoms with Crippen LogP contribution in [0.5, 0.6) is 5.75 Å². The first-order valence-corrected chi connectivity index (χ1v) is 5.77. The average Bonchev–Trinajstić information content (AvgIpc) is 2.40. The van der Waals surface area contributed by atoms with Crippen LogP contribution in [0.4, 0.5) is 0 Å². The van der Waals surface area contributed by atoms with E-state index in [0.29, 0.717) is 11.6 Å². The maximum absolute atomic E-state index is 11.7. The number of rotatable bonds is 2. The zero-order chi connectivity index (χ0) is 11.5. The van der Waals surface area contributed by atoms with Crippen LogP contribution in [0.2, 0.25) is 5.02 Å². The van der Waals surface area contributed by atoms with Crippen LogP contribution in [-0.2, 0) is 11.3 Å². The molecule has 3 nitrogen and oxygen atoms in total. The highest BCUT2D eigenvalue weighted by Crippen LogP contribution is 2.26. The van der Waals surface area contributed by atoms with Crippen molar-refractivity contribution in [2.24, 2.45) is 0 Å². The monoisotopic (exact) mass is 239 g/mol. The van der Waals surface area contributed by atoms with Crippen LogP contribution in [0.1, 0.15) is 18.9 Å². The molecular formula is C12H14ClNO2. The lowest BCUT2D eigenvalue weighted by Crippen LogP contribution is -2.32. The number of amides is 1. The molecule has 1 heterocycles. The second kappa shape index (κ2) is 4.74. The summed E-state index contributed by atoms with van der Waals surface area (Å²) in [5, 5.41) is 0.674. The summed E-state index contributed by atoms with van der Waals surface area (Å²) in [6, 6.07) is 5.46. The molecule has 4 heteroatoms. The summed E-state index contributed by atoms with van der Waals surface area (Å²) >= 11 is 5.93. The minimum atomic E-state index is 0.0363. The molecule has 1 aromatic rings. The molecule has 0 aromatic heterocycles. The van der Waals surface area contributed by atoms with Gasteiger partial charge in [0, 0.05) is 23.7 Å². The van der Waals surface area contributed by atoms with Crippen LogP contribution < -0.4 is 4.74 Å². The largest absolute Gasteiger partial charge is 0.483 e. The van der Waals surface area contributed by atoms with E-state index in [4.69, 9.17) is 16.3 Å². The Hall–Kier alpha value is -1.22. The summed E-state index contributed by atoms with van der Waals surface area (Å²) in [6.45, 7) is 3.52. The topological polar surface area (TPSA) is 29.5 Å². The van der Waals surface area contributed by atoms with Gasteiger partial charge in [0.05, 0.1) is 0 Å². The fraction of sp³-hybridized carbons (Fsp3) is 0.417. The number of halogens is 1. The zero-order valence-electron chi connectivity index (χ0n) is 9.20. The van der Waals surface area contributed by atoms with Gasteiger partial charge in [0.1, 0.15) is 5.75 Å². The van der Waals surface area contributed by atoms with Crippen LogP contribution >= 0.6 is 11.6 Å². The SMILES string of the molecule is CCCN1Cc2cc(Cl)ccc2OCC1=O.